The van der Waals surface area contributed by atoms with Crippen LogP contribution in [0.4, 0.5) is 4.39 Å². The van der Waals surface area contributed by atoms with E-state index in [2.05, 4.69) is 15.5 Å². The Bertz CT molecular complexity index is 666. The van der Waals surface area contributed by atoms with E-state index in [0.717, 1.165) is 19.6 Å². The molecule has 1 atom stereocenters. The maximum Gasteiger partial charge on any atom is 0.226 e. The molecule has 0 spiro atoms. The van der Waals surface area contributed by atoms with E-state index < -0.39 is 0 Å². The van der Waals surface area contributed by atoms with Crippen LogP contribution in [-0.2, 0) is 16.0 Å². The SMILES string of the molecule is O=C(CCCc1nc(-c2ccc(F)cc2)no1)NC[C@@H]1CCOC1. The smallest absolute Gasteiger partial charge is 0.226 e. The standard InChI is InChI=1S/C17H20FN3O3/c18-14-6-4-13(5-7-14)17-20-16(24-21-17)3-1-2-15(22)19-10-12-8-9-23-11-12/h4-7,12H,1-3,8-11H2,(H,19,22)/t12-/m0/s1. The van der Waals surface area contributed by atoms with Crippen molar-refractivity contribution in [3.63, 3.8) is 0 Å². The monoisotopic (exact) mass is 333 g/mol. The van der Waals surface area contributed by atoms with Crippen molar-refractivity contribution in [3.05, 3.63) is 36.0 Å². The van der Waals surface area contributed by atoms with Gasteiger partial charge in [0.2, 0.25) is 17.6 Å². The van der Waals surface area contributed by atoms with Gasteiger partial charge in [-0.1, -0.05) is 5.16 Å². The number of carbonyl (C=O) groups excluding carboxylic acids is 1. The average Bonchev–Trinajstić information content (AvgIpc) is 3.25. The highest BCUT2D eigenvalue weighted by molar-refractivity contribution is 5.75. The fourth-order valence-corrected chi connectivity index (χ4v) is 2.56. The first kappa shape index (κ1) is 16.6. The van der Waals surface area contributed by atoms with E-state index in [-0.39, 0.29) is 11.7 Å². The highest BCUT2D eigenvalue weighted by Crippen LogP contribution is 2.17. The van der Waals surface area contributed by atoms with E-state index >= 15 is 0 Å². The molecule has 1 N–H and O–H groups in total. The van der Waals surface area contributed by atoms with Crippen LogP contribution in [0.15, 0.2) is 28.8 Å². The van der Waals surface area contributed by atoms with Crippen molar-refractivity contribution in [2.75, 3.05) is 19.8 Å². The van der Waals surface area contributed by atoms with Crippen molar-refractivity contribution in [1.29, 1.82) is 0 Å². The number of nitrogens with one attached hydrogen (secondary N) is 1. The van der Waals surface area contributed by atoms with Crippen molar-refractivity contribution < 1.29 is 18.4 Å². The van der Waals surface area contributed by atoms with Crippen LogP contribution in [0.1, 0.15) is 25.2 Å². The van der Waals surface area contributed by atoms with Crippen LogP contribution in [0.25, 0.3) is 11.4 Å². The number of rotatable bonds is 7. The molecule has 0 unspecified atom stereocenters. The molecule has 128 valence electrons. The Hall–Kier alpha value is -2.28. The minimum atomic E-state index is -0.308. The number of halogens is 1. The Balaban J connectivity index is 1.40. The van der Waals surface area contributed by atoms with Crippen LogP contribution in [-0.4, -0.2) is 35.8 Å². The third-order valence-corrected chi connectivity index (χ3v) is 3.98. The van der Waals surface area contributed by atoms with E-state index in [0.29, 0.717) is 49.0 Å². The zero-order chi connectivity index (χ0) is 16.8. The summed E-state index contributed by atoms with van der Waals surface area (Å²) in [6, 6.07) is 5.91. The number of hydrogen-bond donors (Lipinski definition) is 1. The van der Waals surface area contributed by atoms with Crippen molar-refractivity contribution >= 4 is 5.91 Å². The molecule has 0 saturated carbocycles. The Morgan fingerprint density at radius 1 is 1.33 bits per heavy atom. The minimum absolute atomic E-state index is 0.0279. The van der Waals surface area contributed by atoms with Crippen LogP contribution >= 0.6 is 0 Å². The van der Waals surface area contributed by atoms with E-state index in [1.54, 1.807) is 12.1 Å². The molecule has 1 aromatic carbocycles. The third-order valence-electron chi connectivity index (χ3n) is 3.98. The lowest BCUT2D eigenvalue weighted by Crippen LogP contribution is -2.29. The molecule has 0 bridgehead atoms. The lowest BCUT2D eigenvalue weighted by Gasteiger charge is -2.08. The van der Waals surface area contributed by atoms with Crippen molar-refractivity contribution in [3.8, 4) is 11.4 Å². The highest BCUT2D eigenvalue weighted by Gasteiger charge is 2.16. The summed E-state index contributed by atoms with van der Waals surface area (Å²) >= 11 is 0. The summed E-state index contributed by atoms with van der Waals surface area (Å²) in [6.45, 7) is 2.19. The average molecular weight is 333 g/mol. The summed E-state index contributed by atoms with van der Waals surface area (Å²) < 4.78 is 23.3. The van der Waals surface area contributed by atoms with Gasteiger partial charge in [-0.25, -0.2) is 4.39 Å². The summed E-state index contributed by atoms with van der Waals surface area (Å²) in [7, 11) is 0. The van der Waals surface area contributed by atoms with E-state index in [1.807, 2.05) is 0 Å². The lowest BCUT2D eigenvalue weighted by atomic mass is 10.1. The van der Waals surface area contributed by atoms with Gasteiger partial charge in [0.1, 0.15) is 5.82 Å². The topological polar surface area (TPSA) is 77.2 Å². The molecular formula is C17H20FN3O3. The second-order valence-corrected chi connectivity index (χ2v) is 5.91. The van der Waals surface area contributed by atoms with Gasteiger partial charge in [-0.2, -0.15) is 4.98 Å². The number of benzene rings is 1. The van der Waals surface area contributed by atoms with Crippen LogP contribution in [0.3, 0.4) is 0 Å². The van der Waals surface area contributed by atoms with Gasteiger partial charge in [0.15, 0.2) is 0 Å². The number of aromatic nitrogens is 2. The lowest BCUT2D eigenvalue weighted by molar-refractivity contribution is -0.121. The number of amides is 1. The second kappa shape index (κ2) is 8.01. The Morgan fingerprint density at radius 2 is 2.17 bits per heavy atom. The van der Waals surface area contributed by atoms with Gasteiger partial charge in [-0.15, -0.1) is 0 Å². The predicted molar refractivity (Wildman–Crippen MR) is 84.6 cm³/mol. The van der Waals surface area contributed by atoms with Crippen LogP contribution in [0, 0.1) is 11.7 Å². The Kier molecular flexibility index (Phi) is 5.53. The summed E-state index contributed by atoms with van der Waals surface area (Å²) in [5, 5.41) is 6.81. The molecule has 2 heterocycles. The molecule has 1 saturated heterocycles. The zero-order valence-electron chi connectivity index (χ0n) is 13.3. The van der Waals surface area contributed by atoms with Crippen LogP contribution in [0.2, 0.25) is 0 Å². The van der Waals surface area contributed by atoms with Crippen molar-refractivity contribution in [2.45, 2.75) is 25.7 Å². The predicted octanol–water partition coefficient (Wildman–Crippen LogP) is 2.35. The molecule has 6 nitrogen and oxygen atoms in total. The van der Waals surface area contributed by atoms with E-state index in [9.17, 15) is 9.18 Å². The molecule has 2 aromatic rings. The minimum Gasteiger partial charge on any atom is -0.381 e. The molecule has 1 aromatic heterocycles. The third kappa shape index (κ3) is 4.61. The van der Waals surface area contributed by atoms with Gasteiger partial charge in [0, 0.05) is 37.5 Å². The largest absolute Gasteiger partial charge is 0.381 e. The Morgan fingerprint density at radius 3 is 2.92 bits per heavy atom. The first-order valence-corrected chi connectivity index (χ1v) is 8.13. The summed E-state index contributed by atoms with van der Waals surface area (Å²) in [5.41, 5.74) is 0.697. The molecule has 24 heavy (non-hydrogen) atoms. The fourth-order valence-electron chi connectivity index (χ4n) is 2.56. The zero-order valence-corrected chi connectivity index (χ0v) is 13.3. The summed E-state index contributed by atoms with van der Waals surface area (Å²) in [4.78, 5) is 16.1. The maximum atomic E-state index is 12.9. The van der Waals surface area contributed by atoms with Gasteiger partial charge < -0.3 is 14.6 Å². The number of aryl methyl sites for hydroxylation is 1. The molecule has 1 fully saturated rings. The molecule has 1 amide bonds. The van der Waals surface area contributed by atoms with Gasteiger partial charge >= 0.3 is 0 Å². The summed E-state index contributed by atoms with van der Waals surface area (Å²) in [5.74, 6) is 1.06. The Labute approximate surface area is 139 Å². The fraction of sp³-hybridized carbons (Fsp3) is 0.471. The van der Waals surface area contributed by atoms with Crippen molar-refractivity contribution in [2.24, 2.45) is 5.92 Å². The van der Waals surface area contributed by atoms with Gasteiger partial charge in [-0.3, -0.25) is 4.79 Å². The number of carbonyl (C=O) groups is 1. The molecule has 1 aliphatic rings. The molecular weight excluding hydrogens is 313 g/mol. The second-order valence-electron chi connectivity index (χ2n) is 5.91. The maximum absolute atomic E-state index is 12.9. The molecule has 1 aliphatic heterocycles. The van der Waals surface area contributed by atoms with E-state index in [1.165, 1.54) is 12.1 Å². The van der Waals surface area contributed by atoms with Gasteiger partial charge in [0.25, 0.3) is 0 Å². The molecule has 0 radical (unpaired) electrons. The molecule has 0 aliphatic carbocycles. The summed E-state index contributed by atoms with van der Waals surface area (Å²) in [6.07, 6.45) is 2.60. The van der Waals surface area contributed by atoms with E-state index in [4.69, 9.17) is 9.26 Å². The van der Waals surface area contributed by atoms with Gasteiger partial charge in [0.05, 0.1) is 6.61 Å². The highest BCUT2D eigenvalue weighted by atomic mass is 19.1. The normalized spacial score (nSPS) is 17.1. The van der Waals surface area contributed by atoms with Gasteiger partial charge in [-0.05, 0) is 37.1 Å². The molecule has 7 heteroatoms. The van der Waals surface area contributed by atoms with Crippen LogP contribution in [0.5, 0.6) is 0 Å². The van der Waals surface area contributed by atoms with Crippen molar-refractivity contribution in [1.82, 2.24) is 15.5 Å². The number of ether oxygens (including phenoxy) is 1. The number of hydrogen-bond acceptors (Lipinski definition) is 5. The quantitative estimate of drug-likeness (QED) is 0.841. The molecule has 3 rings (SSSR count). The van der Waals surface area contributed by atoms with Crippen LogP contribution < -0.4 is 5.32 Å². The number of nitrogens with zero attached hydrogens (tertiary/aromatic N) is 2. The first-order valence-electron chi connectivity index (χ1n) is 8.13. The first-order chi connectivity index (χ1) is 11.7.